The Kier molecular flexibility index (Phi) is 7.36. The number of rotatable bonds is 3. The van der Waals surface area contributed by atoms with Crippen molar-refractivity contribution in [1.82, 2.24) is 0 Å². The van der Waals surface area contributed by atoms with Crippen molar-refractivity contribution in [1.29, 1.82) is 0 Å². The molecule has 0 bridgehead atoms. The van der Waals surface area contributed by atoms with Crippen molar-refractivity contribution >= 4 is 0 Å². The van der Waals surface area contributed by atoms with E-state index in [9.17, 15) is 4.39 Å². The Balaban J connectivity index is 0.000000847. The summed E-state index contributed by atoms with van der Waals surface area (Å²) in [5.41, 5.74) is 1.49. The molecule has 3 rings (SSSR count). The molecule has 128 valence electrons. The Morgan fingerprint density at radius 1 is 1.00 bits per heavy atom. The smallest absolute Gasteiger partial charge is 0.168 e. The van der Waals surface area contributed by atoms with Gasteiger partial charge in [-0.15, -0.1) is 0 Å². The zero-order chi connectivity index (χ0) is 15.8. The molecule has 0 N–H and O–H groups in total. The van der Waals surface area contributed by atoms with Crippen LogP contribution < -0.4 is 0 Å². The predicted octanol–water partition coefficient (Wildman–Crippen LogP) is 5.42. The fourth-order valence-corrected chi connectivity index (χ4v) is 4.28. The van der Waals surface area contributed by atoms with E-state index in [0.717, 1.165) is 37.9 Å². The minimum absolute atomic E-state index is 0.211. The fourth-order valence-electron chi connectivity index (χ4n) is 4.28. The van der Waals surface area contributed by atoms with Crippen LogP contribution in [0.2, 0.25) is 0 Å². The highest BCUT2D eigenvalue weighted by molar-refractivity contribution is 5.06. The molecule has 2 aliphatic carbocycles. The lowest BCUT2D eigenvalue weighted by Crippen LogP contribution is -2.37. The van der Waals surface area contributed by atoms with Crippen LogP contribution in [-0.2, 0) is 9.47 Å². The second kappa shape index (κ2) is 9.02. The molecule has 2 saturated carbocycles. The summed E-state index contributed by atoms with van der Waals surface area (Å²) in [5.74, 6) is 1.52. The van der Waals surface area contributed by atoms with Crippen LogP contribution in [-0.4, -0.2) is 25.7 Å². The normalized spacial score (nSPS) is 28.3. The van der Waals surface area contributed by atoms with Gasteiger partial charge in [0.25, 0.3) is 0 Å². The monoisotopic (exact) mass is 312 g/mol. The van der Waals surface area contributed by atoms with Crippen LogP contribution in [0.4, 0.5) is 4.39 Å². The van der Waals surface area contributed by atoms with Crippen molar-refractivity contribution in [2.24, 2.45) is 11.8 Å². The zero-order valence-corrected chi connectivity index (χ0v) is 14.4. The lowest BCUT2D eigenvalue weighted by atomic mass is 9.71. The molecule has 3 fully saturated rings. The first-order valence-electron chi connectivity index (χ1n) is 9.33. The Morgan fingerprint density at radius 3 is 2.09 bits per heavy atom. The minimum atomic E-state index is -0.211. The molecule has 22 heavy (non-hydrogen) atoms. The van der Waals surface area contributed by atoms with E-state index in [-0.39, 0.29) is 12.5 Å². The fraction of sp³-hybridized carbons (Fsp3) is 0.895. The van der Waals surface area contributed by atoms with E-state index >= 15 is 0 Å². The van der Waals surface area contributed by atoms with E-state index in [1.54, 1.807) is 0 Å². The molecule has 0 radical (unpaired) electrons. The largest absolute Gasteiger partial charge is 0.348 e. The van der Waals surface area contributed by atoms with Gasteiger partial charge in [-0.3, -0.25) is 4.39 Å². The van der Waals surface area contributed by atoms with Crippen LogP contribution in [0, 0.1) is 11.8 Å². The van der Waals surface area contributed by atoms with Gasteiger partial charge in [0.15, 0.2) is 5.79 Å². The van der Waals surface area contributed by atoms with Crippen molar-refractivity contribution in [3.63, 3.8) is 0 Å². The number of ether oxygens (including phenoxy) is 2. The second-order valence-corrected chi connectivity index (χ2v) is 6.62. The van der Waals surface area contributed by atoms with Gasteiger partial charge in [-0.1, -0.05) is 25.5 Å². The van der Waals surface area contributed by atoms with Crippen LogP contribution in [0.3, 0.4) is 0 Å². The van der Waals surface area contributed by atoms with E-state index in [2.05, 4.69) is 6.08 Å². The number of hydrogen-bond acceptors (Lipinski definition) is 2. The molecular formula is C19H33FO2. The van der Waals surface area contributed by atoms with Crippen molar-refractivity contribution in [3.8, 4) is 0 Å². The highest BCUT2D eigenvalue weighted by Gasteiger charge is 2.42. The van der Waals surface area contributed by atoms with Gasteiger partial charge in [-0.2, -0.15) is 0 Å². The molecule has 0 aromatic rings. The summed E-state index contributed by atoms with van der Waals surface area (Å²) in [7, 11) is 0. The van der Waals surface area contributed by atoms with Crippen molar-refractivity contribution in [2.45, 2.75) is 77.4 Å². The quantitative estimate of drug-likeness (QED) is 0.648. The van der Waals surface area contributed by atoms with Gasteiger partial charge >= 0.3 is 0 Å². The topological polar surface area (TPSA) is 18.5 Å². The predicted molar refractivity (Wildman–Crippen MR) is 88.6 cm³/mol. The van der Waals surface area contributed by atoms with Gasteiger partial charge in [-0.05, 0) is 56.8 Å². The SMILES string of the molecule is CC.FCCC=C1CCC(C2CCC3(CC2)OCCO3)CC1. The number of alkyl halides is 1. The lowest BCUT2D eigenvalue weighted by molar-refractivity contribution is -0.185. The Morgan fingerprint density at radius 2 is 1.55 bits per heavy atom. The molecule has 0 atom stereocenters. The van der Waals surface area contributed by atoms with E-state index < -0.39 is 0 Å². The summed E-state index contributed by atoms with van der Waals surface area (Å²) in [6.07, 6.45) is 12.4. The van der Waals surface area contributed by atoms with Crippen molar-refractivity contribution in [2.75, 3.05) is 19.9 Å². The molecule has 2 nitrogen and oxygen atoms in total. The summed E-state index contributed by atoms with van der Waals surface area (Å²) in [6, 6.07) is 0. The Hall–Kier alpha value is -0.410. The number of allylic oxidation sites excluding steroid dienone is 2. The maximum absolute atomic E-state index is 12.2. The molecule has 0 unspecified atom stereocenters. The van der Waals surface area contributed by atoms with Gasteiger partial charge < -0.3 is 9.47 Å². The maximum Gasteiger partial charge on any atom is 0.168 e. The van der Waals surface area contributed by atoms with Gasteiger partial charge in [-0.25, -0.2) is 0 Å². The summed E-state index contributed by atoms with van der Waals surface area (Å²) >= 11 is 0. The highest BCUT2D eigenvalue weighted by Crippen LogP contribution is 2.44. The second-order valence-electron chi connectivity index (χ2n) is 6.62. The summed E-state index contributed by atoms with van der Waals surface area (Å²) in [4.78, 5) is 0. The highest BCUT2D eigenvalue weighted by atomic mass is 19.1. The first kappa shape index (κ1) is 17.9. The molecule has 1 heterocycles. The van der Waals surface area contributed by atoms with E-state index in [0.29, 0.717) is 6.42 Å². The van der Waals surface area contributed by atoms with Crippen molar-refractivity contribution < 1.29 is 13.9 Å². The molecular weight excluding hydrogens is 279 g/mol. The average molecular weight is 312 g/mol. The molecule has 1 saturated heterocycles. The summed E-state index contributed by atoms with van der Waals surface area (Å²) in [5, 5.41) is 0. The first-order chi connectivity index (χ1) is 10.8. The van der Waals surface area contributed by atoms with E-state index in [1.807, 2.05) is 13.8 Å². The van der Waals surface area contributed by atoms with Crippen LogP contribution in [0.25, 0.3) is 0 Å². The summed E-state index contributed by atoms with van der Waals surface area (Å²) < 4.78 is 23.8. The van der Waals surface area contributed by atoms with Crippen LogP contribution in [0.15, 0.2) is 11.6 Å². The zero-order valence-electron chi connectivity index (χ0n) is 14.4. The van der Waals surface area contributed by atoms with Gasteiger partial charge in [0, 0.05) is 12.8 Å². The van der Waals surface area contributed by atoms with E-state index in [1.165, 1.54) is 44.1 Å². The molecule has 0 amide bonds. The number of halogens is 1. The van der Waals surface area contributed by atoms with Gasteiger partial charge in [0.05, 0.1) is 19.9 Å². The minimum Gasteiger partial charge on any atom is -0.348 e. The van der Waals surface area contributed by atoms with Crippen LogP contribution >= 0.6 is 0 Å². The Labute approximate surface area is 135 Å². The molecule has 1 spiro atoms. The third-order valence-corrected chi connectivity index (χ3v) is 5.49. The third-order valence-electron chi connectivity index (χ3n) is 5.49. The van der Waals surface area contributed by atoms with Gasteiger partial charge in [0.2, 0.25) is 0 Å². The molecule has 0 aromatic carbocycles. The lowest BCUT2D eigenvalue weighted by Gasteiger charge is -2.40. The molecule has 0 aromatic heterocycles. The maximum atomic E-state index is 12.2. The average Bonchev–Trinajstić information content (AvgIpc) is 3.04. The van der Waals surface area contributed by atoms with E-state index in [4.69, 9.17) is 9.47 Å². The van der Waals surface area contributed by atoms with Crippen LogP contribution in [0.5, 0.6) is 0 Å². The third kappa shape index (κ3) is 4.55. The number of hydrogen-bond donors (Lipinski definition) is 0. The Bertz CT molecular complexity index is 327. The van der Waals surface area contributed by atoms with Crippen molar-refractivity contribution in [3.05, 3.63) is 11.6 Å². The molecule has 1 aliphatic heterocycles. The summed E-state index contributed by atoms with van der Waals surface area (Å²) in [6.45, 7) is 5.34. The molecule has 3 aliphatic rings. The first-order valence-corrected chi connectivity index (χ1v) is 9.33. The van der Waals surface area contributed by atoms with Crippen LogP contribution in [0.1, 0.15) is 71.6 Å². The van der Waals surface area contributed by atoms with Gasteiger partial charge in [0.1, 0.15) is 0 Å². The molecule has 3 heteroatoms. The standard InChI is InChI=1S/C17H27FO2.C2H6/c18-11-1-2-14-3-5-15(6-4-14)16-7-9-17(10-8-16)19-12-13-20-17;1-2/h2,15-16H,1,3-13H2;1-2H3.